The van der Waals surface area contributed by atoms with Gasteiger partial charge in [-0.25, -0.2) is 4.99 Å². The molecule has 0 spiro atoms. The summed E-state index contributed by atoms with van der Waals surface area (Å²) >= 11 is 0. The average Bonchev–Trinajstić information content (AvgIpc) is 3.01. The van der Waals surface area contributed by atoms with Crippen LogP contribution in [0.2, 0.25) is 0 Å². The van der Waals surface area contributed by atoms with Gasteiger partial charge < -0.3 is 20.8 Å². The van der Waals surface area contributed by atoms with Gasteiger partial charge in [0.25, 0.3) is 5.91 Å². The summed E-state index contributed by atoms with van der Waals surface area (Å²) in [7, 11) is 0. The molecule has 130 valence electrons. The Hall–Kier alpha value is -2.03. The maximum atomic E-state index is 11.0. The second kappa shape index (κ2) is 9.96. The van der Waals surface area contributed by atoms with Crippen LogP contribution in [0.5, 0.6) is 0 Å². The lowest BCUT2D eigenvalue weighted by molar-refractivity contribution is 0.0972. The van der Waals surface area contributed by atoms with Crippen molar-refractivity contribution in [3.05, 3.63) is 59.0 Å². The fraction of sp³-hybridized carbons (Fsp3) is 0.294. The first-order valence-corrected chi connectivity index (χ1v) is 7.54. The second-order valence-corrected chi connectivity index (χ2v) is 5.16. The van der Waals surface area contributed by atoms with Crippen LogP contribution in [-0.2, 0) is 13.1 Å². The Morgan fingerprint density at radius 2 is 1.88 bits per heavy atom. The number of aryl methyl sites for hydroxylation is 1. The van der Waals surface area contributed by atoms with Crippen molar-refractivity contribution in [2.45, 2.75) is 26.9 Å². The van der Waals surface area contributed by atoms with E-state index in [4.69, 9.17) is 10.2 Å². The lowest BCUT2D eigenvalue weighted by Gasteiger charge is -2.10. The van der Waals surface area contributed by atoms with E-state index in [2.05, 4.69) is 46.8 Å². The molecule has 2 rings (SSSR count). The zero-order chi connectivity index (χ0) is 16.7. The van der Waals surface area contributed by atoms with E-state index in [-0.39, 0.29) is 29.7 Å². The van der Waals surface area contributed by atoms with E-state index < -0.39 is 5.91 Å². The lowest BCUT2D eigenvalue weighted by Crippen LogP contribution is -2.36. The van der Waals surface area contributed by atoms with Gasteiger partial charge >= 0.3 is 0 Å². The molecule has 0 atom stereocenters. The number of nitrogens with one attached hydrogen (secondary N) is 2. The summed E-state index contributed by atoms with van der Waals surface area (Å²) in [4.78, 5) is 15.5. The lowest BCUT2D eigenvalue weighted by atomic mass is 10.1. The molecule has 0 saturated heterocycles. The molecule has 24 heavy (non-hydrogen) atoms. The van der Waals surface area contributed by atoms with Gasteiger partial charge in [-0.05, 0) is 31.5 Å². The number of halogens is 1. The van der Waals surface area contributed by atoms with Crippen molar-refractivity contribution in [2.75, 3.05) is 6.54 Å². The van der Waals surface area contributed by atoms with Gasteiger partial charge in [0.05, 0.1) is 13.1 Å². The minimum Gasteiger partial charge on any atom is -0.454 e. The van der Waals surface area contributed by atoms with Crippen molar-refractivity contribution in [3.63, 3.8) is 0 Å². The van der Waals surface area contributed by atoms with E-state index >= 15 is 0 Å². The van der Waals surface area contributed by atoms with Gasteiger partial charge in [-0.1, -0.05) is 29.8 Å². The summed E-state index contributed by atoms with van der Waals surface area (Å²) in [6.45, 7) is 5.82. The van der Waals surface area contributed by atoms with Crippen molar-refractivity contribution >= 4 is 35.8 Å². The van der Waals surface area contributed by atoms with Gasteiger partial charge in [-0.2, -0.15) is 0 Å². The van der Waals surface area contributed by atoms with Crippen LogP contribution in [0.4, 0.5) is 0 Å². The zero-order valence-corrected chi connectivity index (χ0v) is 16.2. The first kappa shape index (κ1) is 20.0. The van der Waals surface area contributed by atoms with Gasteiger partial charge in [0.2, 0.25) is 0 Å². The van der Waals surface area contributed by atoms with E-state index in [1.165, 1.54) is 5.56 Å². The van der Waals surface area contributed by atoms with Crippen molar-refractivity contribution in [1.82, 2.24) is 10.6 Å². The van der Waals surface area contributed by atoms with E-state index in [1.807, 2.05) is 6.92 Å². The van der Waals surface area contributed by atoms with Crippen molar-refractivity contribution in [1.29, 1.82) is 0 Å². The molecule has 0 unspecified atom stereocenters. The molecule has 1 aromatic carbocycles. The van der Waals surface area contributed by atoms with Crippen LogP contribution in [-0.4, -0.2) is 18.4 Å². The minimum absolute atomic E-state index is 0. The van der Waals surface area contributed by atoms with Crippen LogP contribution in [0.15, 0.2) is 45.8 Å². The Labute approximate surface area is 158 Å². The molecule has 0 bridgehead atoms. The Kier molecular flexibility index (Phi) is 8.31. The molecule has 0 radical (unpaired) electrons. The van der Waals surface area contributed by atoms with Crippen LogP contribution in [0.3, 0.4) is 0 Å². The molecular weight excluding hydrogens is 419 g/mol. The number of guanidine groups is 1. The van der Waals surface area contributed by atoms with Crippen molar-refractivity contribution < 1.29 is 9.21 Å². The summed E-state index contributed by atoms with van der Waals surface area (Å²) in [6.07, 6.45) is 0. The summed E-state index contributed by atoms with van der Waals surface area (Å²) < 4.78 is 5.33. The number of carbonyl (C=O) groups is 1. The van der Waals surface area contributed by atoms with E-state index in [1.54, 1.807) is 12.1 Å². The molecule has 0 aliphatic rings. The third kappa shape index (κ3) is 6.23. The largest absolute Gasteiger partial charge is 0.454 e. The number of aliphatic imine (C=N–C) groups is 1. The quantitative estimate of drug-likeness (QED) is 0.364. The SMILES string of the molecule is CCNC(=NCc1ccc(C)cc1)NCc1ccc(C(N)=O)o1.I. The fourth-order valence-corrected chi connectivity index (χ4v) is 1.98. The number of carbonyl (C=O) groups excluding carboxylic acids is 1. The zero-order valence-electron chi connectivity index (χ0n) is 13.8. The highest BCUT2D eigenvalue weighted by Gasteiger charge is 2.07. The maximum absolute atomic E-state index is 11.0. The molecule has 7 heteroatoms. The molecule has 2 aromatic rings. The minimum atomic E-state index is -0.573. The van der Waals surface area contributed by atoms with E-state index in [0.29, 0.717) is 24.8 Å². The van der Waals surface area contributed by atoms with Crippen molar-refractivity contribution in [3.8, 4) is 0 Å². The molecule has 0 fully saturated rings. The topological polar surface area (TPSA) is 92.6 Å². The van der Waals surface area contributed by atoms with Gasteiger partial charge in [-0.3, -0.25) is 4.79 Å². The van der Waals surface area contributed by atoms with Gasteiger partial charge in [0, 0.05) is 6.54 Å². The summed E-state index contributed by atoms with van der Waals surface area (Å²) in [5, 5.41) is 6.33. The monoisotopic (exact) mass is 442 g/mol. The molecule has 0 aliphatic carbocycles. The third-order valence-electron chi connectivity index (χ3n) is 3.22. The predicted molar refractivity (Wildman–Crippen MR) is 105 cm³/mol. The van der Waals surface area contributed by atoms with Crippen molar-refractivity contribution in [2.24, 2.45) is 10.7 Å². The Bertz CT molecular complexity index is 680. The van der Waals surface area contributed by atoms with Crippen LogP contribution in [0.1, 0.15) is 34.4 Å². The standard InChI is InChI=1S/C17H22N4O2.HI/c1-3-19-17(20-10-13-6-4-12(2)5-7-13)21-11-14-8-9-15(23-14)16(18)22;/h4-9H,3,10-11H2,1-2H3,(H2,18,22)(H2,19,20,21);1H. The smallest absolute Gasteiger partial charge is 0.284 e. The third-order valence-corrected chi connectivity index (χ3v) is 3.22. The Morgan fingerprint density at radius 1 is 1.17 bits per heavy atom. The fourth-order valence-electron chi connectivity index (χ4n) is 1.98. The predicted octanol–water partition coefficient (Wildman–Crippen LogP) is 2.56. The second-order valence-electron chi connectivity index (χ2n) is 5.16. The van der Waals surface area contributed by atoms with E-state index in [0.717, 1.165) is 12.1 Å². The summed E-state index contributed by atoms with van der Waals surface area (Å²) in [6, 6.07) is 11.5. The molecule has 4 N–H and O–H groups in total. The number of amides is 1. The Balaban J connectivity index is 0.00000288. The molecule has 1 heterocycles. The van der Waals surface area contributed by atoms with E-state index in [9.17, 15) is 4.79 Å². The first-order chi connectivity index (χ1) is 11.1. The van der Waals surface area contributed by atoms with Crippen LogP contribution in [0.25, 0.3) is 0 Å². The summed E-state index contributed by atoms with van der Waals surface area (Å²) in [5.74, 6) is 0.893. The maximum Gasteiger partial charge on any atom is 0.284 e. The highest BCUT2D eigenvalue weighted by molar-refractivity contribution is 14.0. The molecule has 0 aliphatic heterocycles. The number of rotatable bonds is 6. The number of hydrogen-bond acceptors (Lipinski definition) is 3. The van der Waals surface area contributed by atoms with Crippen LogP contribution >= 0.6 is 24.0 Å². The van der Waals surface area contributed by atoms with Gasteiger partial charge in [0.1, 0.15) is 5.76 Å². The molecular formula is C17H23IN4O2. The molecule has 1 amide bonds. The highest BCUT2D eigenvalue weighted by Crippen LogP contribution is 2.07. The molecule has 1 aromatic heterocycles. The number of nitrogens with two attached hydrogens (primary N) is 1. The molecule has 6 nitrogen and oxygen atoms in total. The van der Waals surface area contributed by atoms with Gasteiger partial charge in [0.15, 0.2) is 11.7 Å². The van der Waals surface area contributed by atoms with Crippen LogP contribution < -0.4 is 16.4 Å². The normalized spacial score (nSPS) is 10.8. The number of benzene rings is 1. The average molecular weight is 442 g/mol. The number of nitrogens with zero attached hydrogens (tertiary/aromatic N) is 1. The summed E-state index contributed by atoms with van der Waals surface area (Å²) in [5.41, 5.74) is 7.53. The highest BCUT2D eigenvalue weighted by atomic mass is 127. The van der Waals surface area contributed by atoms with Crippen LogP contribution in [0, 0.1) is 6.92 Å². The number of primary amides is 1. The Morgan fingerprint density at radius 3 is 2.46 bits per heavy atom. The number of furan rings is 1. The van der Waals surface area contributed by atoms with Gasteiger partial charge in [-0.15, -0.1) is 24.0 Å². The molecule has 0 saturated carbocycles. The number of hydrogen-bond donors (Lipinski definition) is 3. The first-order valence-electron chi connectivity index (χ1n) is 7.54.